The largest absolute Gasteiger partial charge is 0.372 e. The first-order chi connectivity index (χ1) is 12.9. The molecular weight excluding hydrogens is 334 g/mol. The lowest BCUT2D eigenvalue weighted by atomic mass is 9.95. The second-order valence-corrected chi connectivity index (χ2v) is 7.58. The third kappa shape index (κ3) is 7.40. The van der Waals surface area contributed by atoms with Crippen LogP contribution in [-0.4, -0.2) is 16.7 Å². The van der Waals surface area contributed by atoms with Gasteiger partial charge in [0.1, 0.15) is 5.72 Å². The first-order valence-corrected chi connectivity index (χ1v) is 9.65. The Morgan fingerprint density at radius 2 is 1.67 bits per heavy atom. The van der Waals surface area contributed by atoms with Crippen molar-refractivity contribution >= 4 is 5.91 Å². The lowest BCUT2D eigenvalue weighted by Crippen LogP contribution is -2.46. The number of hydrogen-bond donors (Lipinski definition) is 2. The highest BCUT2D eigenvalue weighted by molar-refractivity contribution is 5.79. The molecule has 3 heteroatoms. The van der Waals surface area contributed by atoms with Gasteiger partial charge in [0.05, 0.1) is 0 Å². The van der Waals surface area contributed by atoms with Gasteiger partial charge in [-0.3, -0.25) is 4.79 Å². The van der Waals surface area contributed by atoms with Gasteiger partial charge in [-0.25, -0.2) is 0 Å². The van der Waals surface area contributed by atoms with Crippen LogP contribution in [0.15, 0.2) is 67.3 Å². The van der Waals surface area contributed by atoms with Gasteiger partial charge in [-0.1, -0.05) is 60.7 Å². The summed E-state index contributed by atoms with van der Waals surface area (Å²) in [6, 6.07) is 18.6. The molecule has 2 aromatic carbocycles. The Morgan fingerprint density at radius 3 is 2.19 bits per heavy atom. The summed E-state index contributed by atoms with van der Waals surface area (Å²) < 4.78 is 0. The summed E-state index contributed by atoms with van der Waals surface area (Å²) in [5, 5.41) is 12.2. The second kappa shape index (κ2) is 10.1. The van der Waals surface area contributed by atoms with E-state index < -0.39 is 5.72 Å². The molecule has 27 heavy (non-hydrogen) atoms. The van der Waals surface area contributed by atoms with Crippen molar-refractivity contribution in [3.8, 4) is 0 Å². The molecule has 3 nitrogen and oxygen atoms in total. The first kappa shape index (κ1) is 20.9. The molecule has 2 aromatic rings. The van der Waals surface area contributed by atoms with Gasteiger partial charge in [0.2, 0.25) is 5.91 Å². The Morgan fingerprint density at radius 1 is 1.11 bits per heavy atom. The topological polar surface area (TPSA) is 49.3 Å². The number of benzene rings is 2. The smallest absolute Gasteiger partial charge is 0.225 e. The normalized spacial score (nSPS) is 13.7. The molecule has 1 atom stereocenters. The molecule has 0 saturated carbocycles. The van der Waals surface area contributed by atoms with Gasteiger partial charge in [-0.05, 0) is 62.6 Å². The third-order valence-corrected chi connectivity index (χ3v) is 4.59. The van der Waals surface area contributed by atoms with Gasteiger partial charge >= 0.3 is 0 Å². The highest BCUT2D eigenvalue weighted by Crippen LogP contribution is 2.20. The zero-order valence-electron chi connectivity index (χ0n) is 16.4. The number of carbonyl (C=O) groups excluding carboxylic acids is 1. The summed E-state index contributed by atoms with van der Waals surface area (Å²) in [5.41, 5.74) is 3.05. The van der Waals surface area contributed by atoms with Gasteiger partial charge in [0.25, 0.3) is 0 Å². The van der Waals surface area contributed by atoms with E-state index in [9.17, 15) is 9.90 Å². The summed E-state index contributed by atoms with van der Waals surface area (Å²) in [5.74, 6) is -0.345. The van der Waals surface area contributed by atoms with E-state index in [1.807, 2.05) is 30.3 Å². The molecule has 1 unspecified atom stereocenters. The van der Waals surface area contributed by atoms with E-state index in [0.29, 0.717) is 12.8 Å². The fourth-order valence-corrected chi connectivity index (χ4v) is 3.30. The van der Waals surface area contributed by atoms with Crippen LogP contribution >= 0.6 is 0 Å². The highest BCUT2D eigenvalue weighted by atomic mass is 16.3. The Labute approximate surface area is 163 Å². The van der Waals surface area contributed by atoms with E-state index in [4.69, 9.17) is 0 Å². The van der Waals surface area contributed by atoms with Crippen LogP contribution in [0.25, 0.3) is 0 Å². The van der Waals surface area contributed by atoms with Crippen LogP contribution in [-0.2, 0) is 24.1 Å². The van der Waals surface area contributed by atoms with E-state index in [1.165, 1.54) is 19.3 Å². The Hall–Kier alpha value is -2.39. The molecule has 1 amide bonds. The van der Waals surface area contributed by atoms with E-state index in [0.717, 1.165) is 5.56 Å². The van der Waals surface area contributed by atoms with Crippen molar-refractivity contribution in [1.82, 2.24) is 5.32 Å². The van der Waals surface area contributed by atoms with E-state index in [-0.39, 0.29) is 11.8 Å². The lowest BCUT2D eigenvalue weighted by molar-refractivity contribution is -0.130. The molecule has 0 aromatic heterocycles. The molecule has 1 aliphatic carbocycles. The number of fused-ring (bicyclic) bond motifs is 1. The average Bonchev–Trinajstić information content (AvgIpc) is 3.10. The number of allylic oxidation sites excluding steroid dienone is 1. The quantitative estimate of drug-likeness (QED) is 0.587. The molecule has 0 saturated heterocycles. The van der Waals surface area contributed by atoms with Crippen LogP contribution < -0.4 is 5.32 Å². The van der Waals surface area contributed by atoms with Gasteiger partial charge in [-0.2, -0.15) is 0 Å². The molecule has 0 radical (unpaired) electrons. The lowest BCUT2D eigenvalue weighted by Gasteiger charge is -2.23. The Kier molecular flexibility index (Phi) is 7.81. The van der Waals surface area contributed by atoms with Crippen molar-refractivity contribution in [2.75, 3.05) is 0 Å². The van der Waals surface area contributed by atoms with Crippen LogP contribution in [0, 0.1) is 5.92 Å². The summed E-state index contributed by atoms with van der Waals surface area (Å²) >= 11 is 0. The fourth-order valence-electron chi connectivity index (χ4n) is 3.30. The van der Waals surface area contributed by atoms with E-state index in [1.54, 1.807) is 31.1 Å². The van der Waals surface area contributed by atoms with Crippen molar-refractivity contribution in [1.29, 1.82) is 0 Å². The SMILES string of the molecule is C=CCC(Cc1ccccc1)C(=O)NC(C)(C)O.c1ccc2c(c1)CCC2. The summed E-state index contributed by atoms with van der Waals surface area (Å²) in [4.78, 5) is 12.0. The number of amides is 1. The highest BCUT2D eigenvalue weighted by Gasteiger charge is 2.23. The maximum atomic E-state index is 12.0. The number of nitrogens with one attached hydrogen (secondary N) is 1. The second-order valence-electron chi connectivity index (χ2n) is 7.58. The van der Waals surface area contributed by atoms with Crippen molar-refractivity contribution in [3.05, 3.63) is 83.9 Å². The minimum Gasteiger partial charge on any atom is -0.372 e. The maximum absolute atomic E-state index is 12.0. The van der Waals surface area contributed by atoms with Gasteiger partial charge < -0.3 is 10.4 Å². The zero-order valence-corrected chi connectivity index (χ0v) is 16.4. The summed E-state index contributed by atoms with van der Waals surface area (Å²) in [6.07, 6.45) is 6.94. The molecule has 0 fully saturated rings. The molecule has 0 aliphatic heterocycles. The van der Waals surface area contributed by atoms with E-state index in [2.05, 4.69) is 36.2 Å². The van der Waals surface area contributed by atoms with Gasteiger partial charge in [-0.15, -0.1) is 6.58 Å². The average molecular weight is 366 g/mol. The predicted octanol–water partition coefficient (Wildman–Crippen LogP) is 4.44. The molecule has 0 spiro atoms. The minimum absolute atomic E-state index is 0.147. The van der Waals surface area contributed by atoms with Crippen molar-refractivity contribution in [2.24, 2.45) is 5.92 Å². The number of carbonyl (C=O) groups is 1. The summed E-state index contributed by atoms with van der Waals surface area (Å²) in [6.45, 7) is 6.79. The number of aliphatic hydroxyl groups is 1. The molecule has 3 rings (SSSR count). The van der Waals surface area contributed by atoms with Crippen LogP contribution in [0.3, 0.4) is 0 Å². The summed E-state index contributed by atoms with van der Waals surface area (Å²) in [7, 11) is 0. The van der Waals surface area contributed by atoms with Crippen LogP contribution in [0.1, 0.15) is 43.4 Å². The van der Waals surface area contributed by atoms with Crippen LogP contribution in [0.5, 0.6) is 0 Å². The first-order valence-electron chi connectivity index (χ1n) is 9.65. The van der Waals surface area contributed by atoms with Crippen molar-refractivity contribution in [3.63, 3.8) is 0 Å². The minimum atomic E-state index is -1.19. The Balaban J connectivity index is 0.000000239. The van der Waals surface area contributed by atoms with Gasteiger partial charge in [0, 0.05) is 5.92 Å². The molecule has 1 aliphatic rings. The van der Waals surface area contributed by atoms with Crippen LogP contribution in [0.2, 0.25) is 0 Å². The number of aryl methyl sites for hydroxylation is 2. The molecule has 144 valence electrons. The monoisotopic (exact) mass is 365 g/mol. The number of rotatable bonds is 6. The van der Waals surface area contributed by atoms with E-state index >= 15 is 0 Å². The molecule has 0 heterocycles. The van der Waals surface area contributed by atoms with Crippen molar-refractivity contribution in [2.45, 2.75) is 51.7 Å². The molecule has 0 bridgehead atoms. The zero-order chi connectivity index (χ0) is 19.7. The number of hydrogen-bond acceptors (Lipinski definition) is 2. The molecule has 2 N–H and O–H groups in total. The predicted molar refractivity (Wildman–Crippen MR) is 111 cm³/mol. The standard InChI is InChI=1S/C15H21NO2.C9H10/c1-4-8-13(14(17)16-15(2,3)18)11-12-9-6-5-7-10-12;1-2-5-9-7-3-6-8(9)4-1/h4-7,9-10,13,18H,1,8,11H2,2-3H3,(H,16,17);1-2,4-5H,3,6-7H2. The third-order valence-electron chi connectivity index (χ3n) is 4.59. The Bertz CT molecular complexity index is 709. The van der Waals surface area contributed by atoms with Gasteiger partial charge in [0.15, 0.2) is 0 Å². The van der Waals surface area contributed by atoms with Crippen LogP contribution in [0.4, 0.5) is 0 Å². The molecular formula is C24H31NO2. The maximum Gasteiger partial charge on any atom is 0.225 e. The van der Waals surface area contributed by atoms with Crippen molar-refractivity contribution < 1.29 is 9.90 Å². The fraction of sp³-hybridized carbons (Fsp3) is 0.375.